The van der Waals surface area contributed by atoms with E-state index in [0.717, 1.165) is 11.1 Å². The molecule has 0 amide bonds. The van der Waals surface area contributed by atoms with E-state index in [1.807, 2.05) is 26.0 Å². The number of hydrogen-bond acceptors (Lipinski definition) is 4. The number of rotatable bonds is 4. The van der Waals surface area contributed by atoms with Crippen molar-refractivity contribution in [2.75, 3.05) is 20.3 Å². The summed E-state index contributed by atoms with van der Waals surface area (Å²) < 4.78 is 4.68. The molecule has 17 heavy (non-hydrogen) atoms. The number of ether oxygens (including phenoxy) is 1. The molecule has 4 nitrogen and oxygen atoms in total. The van der Waals surface area contributed by atoms with Crippen molar-refractivity contribution in [1.29, 1.82) is 0 Å². The zero-order valence-electron chi connectivity index (χ0n) is 10.5. The summed E-state index contributed by atoms with van der Waals surface area (Å²) >= 11 is 0. The fourth-order valence-corrected chi connectivity index (χ4v) is 1.65. The standard InChI is InChI=1S/C13H19NO3/c1-9-6-10(13(2,7-14)8-15)4-5-11(9)12(16)17-3/h4-6,15H,7-8,14H2,1-3H3. The second kappa shape index (κ2) is 5.29. The summed E-state index contributed by atoms with van der Waals surface area (Å²) in [5, 5.41) is 9.38. The average Bonchev–Trinajstić information content (AvgIpc) is 2.36. The SMILES string of the molecule is COC(=O)c1ccc(C(C)(CN)CO)cc1C. The van der Waals surface area contributed by atoms with E-state index in [9.17, 15) is 9.90 Å². The smallest absolute Gasteiger partial charge is 0.338 e. The Balaban J connectivity index is 3.16. The first kappa shape index (κ1) is 13.7. The minimum absolute atomic E-state index is 0.0273. The van der Waals surface area contributed by atoms with Gasteiger partial charge in [-0.2, -0.15) is 0 Å². The highest BCUT2D eigenvalue weighted by Crippen LogP contribution is 2.24. The molecule has 0 spiro atoms. The van der Waals surface area contributed by atoms with Gasteiger partial charge in [-0.05, 0) is 24.1 Å². The Morgan fingerprint density at radius 3 is 2.59 bits per heavy atom. The van der Waals surface area contributed by atoms with Crippen LogP contribution in [0, 0.1) is 6.92 Å². The van der Waals surface area contributed by atoms with E-state index < -0.39 is 5.41 Å². The first-order valence-electron chi connectivity index (χ1n) is 5.49. The van der Waals surface area contributed by atoms with Crippen LogP contribution >= 0.6 is 0 Å². The summed E-state index contributed by atoms with van der Waals surface area (Å²) in [6, 6.07) is 5.39. The zero-order valence-corrected chi connectivity index (χ0v) is 10.5. The van der Waals surface area contributed by atoms with Crippen molar-refractivity contribution in [3.05, 3.63) is 34.9 Å². The van der Waals surface area contributed by atoms with Crippen LogP contribution in [0.15, 0.2) is 18.2 Å². The van der Waals surface area contributed by atoms with E-state index in [4.69, 9.17) is 5.73 Å². The van der Waals surface area contributed by atoms with Gasteiger partial charge in [-0.3, -0.25) is 0 Å². The Morgan fingerprint density at radius 2 is 2.18 bits per heavy atom. The normalized spacial score (nSPS) is 14.2. The van der Waals surface area contributed by atoms with Gasteiger partial charge in [0.05, 0.1) is 19.3 Å². The summed E-state index contributed by atoms with van der Waals surface area (Å²) in [4.78, 5) is 11.4. The minimum atomic E-state index is -0.473. The molecule has 0 saturated heterocycles. The maximum Gasteiger partial charge on any atom is 0.338 e. The number of aliphatic hydroxyl groups is 1. The molecule has 4 heteroatoms. The van der Waals surface area contributed by atoms with Crippen LogP contribution in [0.5, 0.6) is 0 Å². The number of aliphatic hydroxyl groups excluding tert-OH is 1. The van der Waals surface area contributed by atoms with Gasteiger partial charge in [0.25, 0.3) is 0 Å². The molecule has 0 saturated carbocycles. The number of nitrogens with two attached hydrogens (primary N) is 1. The van der Waals surface area contributed by atoms with Gasteiger partial charge in [0.2, 0.25) is 0 Å². The number of carbonyl (C=O) groups is 1. The van der Waals surface area contributed by atoms with Crippen molar-refractivity contribution in [1.82, 2.24) is 0 Å². The highest BCUT2D eigenvalue weighted by molar-refractivity contribution is 5.91. The van der Waals surface area contributed by atoms with Crippen LogP contribution in [0.2, 0.25) is 0 Å². The van der Waals surface area contributed by atoms with Crippen LogP contribution in [-0.4, -0.2) is 31.3 Å². The number of aryl methyl sites for hydroxylation is 1. The number of carbonyl (C=O) groups excluding carboxylic acids is 1. The largest absolute Gasteiger partial charge is 0.465 e. The zero-order chi connectivity index (χ0) is 13.1. The van der Waals surface area contributed by atoms with E-state index in [1.165, 1.54) is 7.11 Å². The van der Waals surface area contributed by atoms with E-state index >= 15 is 0 Å². The molecule has 0 aliphatic carbocycles. The number of benzene rings is 1. The lowest BCUT2D eigenvalue weighted by atomic mass is 9.82. The fourth-order valence-electron chi connectivity index (χ4n) is 1.65. The number of esters is 1. The van der Waals surface area contributed by atoms with Crippen molar-refractivity contribution in [3.8, 4) is 0 Å². The molecule has 0 aliphatic heterocycles. The molecule has 0 aliphatic rings. The molecule has 1 aromatic rings. The maximum atomic E-state index is 11.4. The van der Waals surface area contributed by atoms with Gasteiger partial charge in [0, 0.05) is 12.0 Å². The van der Waals surface area contributed by atoms with Gasteiger partial charge in [-0.15, -0.1) is 0 Å². The van der Waals surface area contributed by atoms with Crippen LogP contribution in [0.25, 0.3) is 0 Å². The summed E-state index contributed by atoms with van der Waals surface area (Å²) in [7, 11) is 1.35. The van der Waals surface area contributed by atoms with E-state index in [2.05, 4.69) is 4.74 Å². The molecule has 1 atom stereocenters. The molecular weight excluding hydrogens is 218 g/mol. The predicted octanol–water partition coefficient (Wildman–Crippen LogP) is 0.990. The second-order valence-corrected chi connectivity index (χ2v) is 4.44. The third kappa shape index (κ3) is 2.65. The van der Waals surface area contributed by atoms with Gasteiger partial charge in [0.1, 0.15) is 0 Å². The number of methoxy groups -OCH3 is 1. The van der Waals surface area contributed by atoms with Gasteiger partial charge in [-0.25, -0.2) is 4.79 Å². The first-order chi connectivity index (χ1) is 7.98. The van der Waals surface area contributed by atoms with Crippen LogP contribution in [0.3, 0.4) is 0 Å². The molecule has 1 unspecified atom stereocenters. The predicted molar refractivity (Wildman–Crippen MR) is 66.0 cm³/mol. The lowest BCUT2D eigenvalue weighted by molar-refractivity contribution is 0.0600. The summed E-state index contributed by atoms with van der Waals surface area (Å²) in [6.45, 7) is 4.05. The van der Waals surface area contributed by atoms with Crippen LogP contribution < -0.4 is 5.73 Å². The van der Waals surface area contributed by atoms with Crippen LogP contribution in [0.4, 0.5) is 0 Å². The molecule has 0 heterocycles. The van der Waals surface area contributed by atoms with Crippen LogP contribution in [-0.2, 0) is 10.2 Å². The quantitative estimate of drug-likeness (QED) is 0.766. The molecule has 0 fully saturated rings. The van der Waals surface area contributed by atoms with Crippen molar-refractivity contribution in [2.45, 2.75) is 19.3 Å². The van der Waals surface area contributed by atoms with E-state index in [1.54, 1.807) is 6.07 Å². The molecule has 0 bridgehead atoms. The highest BCUT2D eigenvalue weighted by Gasteiger charge is 2.25. The Bertz CT molecular complexity index is 411. The summed E-state index contributed by atoms with van der Waals surface area (Å²) in [6.07, 6.45) is 0. The van der Waals surface area contributed by atoms with Crippen molar-refractivity contribution in [2.24, 2.45) is 5.73 Å². The maximum absolute atomic E-state index is 11.4. The Kier molecular flexibility index (Phi) is 4.26. The Hall–Kier alpha value is -1.39. The van der Waals surface area contributed by atoms with Gasteiger partial charge in [0.15, 0.2) is 0 Å². The third-order valence-electron chi connectivity index (χ3n) is 3.13. The van der Waals surface area contributed by atoms with Crippen molar-refractivity contribution >= 4 is 5.97 Å². The lowest BCUT2D eigenvalue weighted by Crippen LogP contribution is -2.35. The Labute approximate surface area is 101 Å². The number of hydrogen-bond donors (Lipinski definition) is 2. The molecule has 1 aromatic carbocycles. The van der Waals surface area contributed by atoms with Crippen LogP contribution in [0.1, 0.15) is 28.4 Å². The third-order valence-corrected chi connectivity index (χ3v) is 3.13. The second-order valence-electron chi connectivity index (χ2n) is 4.44. The molecular formula is C13H19NO3. The van der Waals surface area contributed by atoms with Gasteiger partial charge >= 0.3 is 5.97 Å². The monoisotopic (exact) mass is 237 g/mol. The minimum Gasteiger partial charge on any atom is -0.465 e. The molecule has 0 radical (unpaired) electrons. The molecule has 0 aromatic heterocycles. The van der Waals surface area contributed by atoms with E-state index in [0.29, 0.717) is 12.1 Å². The average molecular weight is 237 g/mol. The summed E-state index contributed by atoms with van der Waals surface area (Å²) in [5.41, 5.74) is 7.48. The van der Waals surface area contributed by atoms with Crippen molar-refractivity contribution in [3.63, 3.8) is 0 Å². The van der Waals surface area contributed by atoms with Gasteiger partial charge in [-0.1, -0.05) is 19.1 Å². The molecule has 1 rings (SSSR count). The molecule has 3 N–H and O–H groups in total. The highest BCUT2D eigenvalue weighted by atomic mass is 16.5. The fraction of sp³-hybridized carbons (Fsp3) is 0.462. The van der Waals surface area contributed by atoms with Crippen molar-refractivity contribution < 1.29 is 14.6 Å². The molecule has 94 valence electrons. The topological polar surface area (TPSA) is 72.5 Å². The Morgan fingerprint density at radius 1 is 1.53 bits per heavy atom. The lowest BCUT2D eigenvalue weighted by Gasteiger charge is -2.26. The van der Waals surface area contributed by atoms with Gasteiger partial charge < -0.3 is 15.6 Å². The summed E-state index contributed by atoms with van der Waals surface area (Å²) in [5.74, 6) is -0.354. The van der Waals surface area contributed by atoms with E-state index in [-0.39, 0.29) is 12.6 Å². The first-order valence-corrected chi connectivity index (χ1v) is 5.49.